The Bertz CT molecular complexity index is 638. The molecule has 1 aliphatic carbocycles. The van der Waals surface area contributed by atoms with Crippen LogP contribution in [-0.4, -0.2) is 11.0 Å². The number of hydrogen-bond acceptors (Lipinski definition) is 6. The van der Waals surface area contributed by atoms with E-state index in [4.69, 9.17) is 10.3 Å². The zero-order chi connectivity index (χ0) is 14.8. The van der Waals surface area contributed by atoms with Crippen molar-refractivity contribution in [2.75, 3.05) is 10.3 Å². The molecule has 0 spiro atoms. The third-order valence-corrected chi connectivity index (χ3v) is 3.56. The number of rotatable bonds is 6. The van der Waals surface area contributed by atoms with Gasteiger partial charge in [0, 0.05) is 6.04 Å². The Morgan fingerprint density at radius 3 is 2.76 bits per heavy atom. The summed E-state index contributed by atoms with van der Waals surface area (Å²) in [5, 5.41) is 11.4. The van der Waals surface area contributed by atoms with E-state index in [0.717, 1.165) is 18.6 Å². The zero-order valence-electron chi connectivity index (χ0n) is 11.4. The maximum atomic E-state index is 11.4. The zero-order valence-corrected chi connectivity index (χ0v) is 11.4. The first-order valence-electron chi connectivity index (χ1n) is 6.73. The maximum Gasteiger partial charge on any atom is 0.316 e. The Morgan fingerprint density at radius 2 is 2.19 bits per heavy atom. The van der Waals surface area contributed by atoms with Crippen LogP contribution in [0.25, 0.3) is 0 Å². The van der Waals surface area contributed by atoms with Crippen molar-refractivity contribution >= 4 is 17.1 Å². The Kier molecular flexibility index (Phi) is 3.49. The summed E-state index contributed by atoms with van der Waals surface area (Å²) < 4.78 is 5.37. The van der Waals surface area contributed by atoms with E-state index in [-0.39, 0.29) is 5.69 Å². The van der Waals surface area contributed by atoms with E-state index < -0.39 is 4.92 Å². The molecular formula is C14H16N4O3. The van der Waals surface area contributed by atoms with Gasteiger partial charge in [0.05, 0.1) is 17.7 Å². The average molecular weight is 288 g/mol. The van der Waals surface area contributed by atoms with Crippen LogP contribution in [0.1, 0.15) is 18.6 Å². The Labute approximate surface area is 121 Å². The lowest BCUT2D eigenvalue weighted by molar-refractivity contribution is -0.383. The van der Waals surface area contributed by atoms with Gasteiger partial charge in [0.2, 0.25) is 0 Å². The normalized spacial score (nSPS) is 14.0. The van der Waals surface area contributed by atoms with Crippen LogP contribution >= 0.6 is 0 Å². The molecule has 3 N–H and O–H groups in total. The fraction of sp³-hybridized carbons (Fsp3) is 0.286. The van der Waals surface area contributed by atoms with E-state index in [2.05, 4.69) is 5.43 Å². The molecule has 0 radical (unpaired) electrons. The van der Waals surface area contributed by atoms with Gasteiger partial charge in [0.25, 0.3) is 0 Å². The van der Waals surface area contributed by atoms with Gasteiger partial charge in [0.15, 0.2) is 0 Å². The topological polar surface area (TPSA) is 97.6 Å². The van der Waals surface area contributed by atoms with Crippen molar-refractivity contribution in [2.45, 2.75) is 25.4 Å². The monoisotopic (exact) mass is 288 g/mol. The molecule has 1 aromatic carbocycles. The third kappa shape index (κ3) is 2.68. The van der Waals surface area contributed by atoms with Gasteiger partial charge < -0.3 is 14.7 Å². The Balaban J connectivity index is 2.01. The number of benzene rings is 1. The second kappa shape index (κ2) is 5.45. The van der Waals surface area contributed by atoms with Crippen molar-refractivity contribution in [3.05, 3.63) is 52.5 Å². The molecule has 0 aliphatic heterocycles. The first-order chi connectivity index (χ1) is 10.2. The first kappa shape index (κ1) is 13.4. The quantitative estimate of drug-likeness (QED) is 0.482. The number of nitro groups is 1. The molecule has 0 atom stereocenters. The number of nitro benzene ring substituents is 1. The van der Waals surface area contributed by atoms with Crippen molar-refractivity contribution in [3.8, 4) is 0 Å². The van der Waals surface area contributed by atoms with Crippen LogP contribution in [0, 0.1) is 10.1 Å². The summed E-state index contributed by atoms with van der Waals surface area (Å²) in [5.74, 6) is 6.17. The van der Waals surface area contributed by atoms with E-state index in [1.165, 1.54) is 0 Å². The number of nitrogens with two attached hydrogens (primary N) is 1. The highest BCUT2D eigenvalue weighted by molar-refractivity contribution is 5.77. The highest BCUT2D eigenvalue weighted by Gasteiger charge is 2.34. The molecule has 0 amide bonds. The van der Waals surface area contributed by atoms with Gasteiger partial charge in [-0.1, -0.05) is 6.07 Å². The molecular weight excluding hydrogens is 272 g/mol. The molecule has 1 aliphatic rings. The summed E-state index contributed by atoms with van der Waals surface area (Å²) in [6.45, 7) is 0.506. The van der Waals surface area contributed by atoms with Crippen LogP contribution in [0.15, 0.2) is 41.0 Å². The molecule has 7 nitrogen and oxygen atoms in total. The minimum Gasteiger partial charge on any atom is -0.467 e. The molecule has 0 unspecified atom stereocenters. The minimum absolute atomic E-state index is 0.00143. The molecule has 1 heterocycles. The van der Waals surface area contributed by atoms with Crippen LogP contribution in [-0.2, 0) is 6.54 Å². The Morgan fingerprint density at radius 1 is 1.38 bits per heavy atom. The summed E-state index contributed by atoms with van der Waals surface area (Å²) in [5.41, 5.74) is 3.27. The number of furan rings is 1. The van der Waals surface area contributed by atoms with Gasteiger partial charge in [-0.3, -0.25) is 16.0 Å². The smallest absolute Gasteiger partial charge is 0.316 e. The van der Waals surface area contributed by atoms with E-state index in [1.807, 2.05) is 17.0 Å². The van der Waals surface area contributed by atoms with Crippen molar-refractivity contribution in [1.29, 1.82) is 0 Å². The number of hydrazine groups is 1. The molecule has 0 saturated heterocycles. The van der Waals surface area contributed by atoms with E-state index >= 15 is 0 Å². The predicted octanol–water partition coefficient (Wildman–Crippen LogP) is 2.64. The first-order valence-corrected chi connectivity index (χ1v) is 6.73. The second-order valence-corrected chi connectivity index (χ2v) is 5.01. The van der Waals surface area contributed by atoms with Gasteiger partial charge >= 0.3 is 5.69 Å². The molecule has 21 heavy (non-hydrogen) atoms. The molecule has 1 saturated carbocycles. The maximum absolute atomic E-state index is 11.4. The van der Waals surface area contributed by atoms with Crippen LogP contribution in [0.4, 0.5) is 17.1 Å². The summed E-state index contributed by atoms with van der Waals surface area (Å²) in [6.07, 6.45) is 3.66. The van der Waals surface area contributed by atoms with Gasteiger partial charge in [-0.25, -0.2) is 0 Å². The van der Waals surface area contributed by atoms with E-state index in [0.29, 0.717) is 24.0 Å². The standard InChI is InChI=1S/C14H16N4O3/c15-16-12-4-1-5-13(14(12)18(19)20)17(10-6-7-10)9-11-3-2-8-21-11/h1-5,8,10,16H,6-7,9,15H2. The van der Waals surface area contributed by atoms with Gasteiger partial charge in [-0.05, 0) is 37.1 Å². The molecule has 1 aromatic heterocycles. The van der Waals surface area contributed by atoms with E-state index in [1.54, 1.807) is 24.5 Å². The van der Waals surface area contributed by atoms with Crippen molar-refractivity contribution < 1.29 is 9.34 Å². The molecule has 110 valence electrons. The van der Waals surface area contributed by atoms with Gasteiger partial charge in [-0.2, -0.15) is 0 Å². The molecule has 2 aromatic rings. The fourth-order valence-electron chi connectivity index (χ4n) is 2.44. The number of para-hydroxylation sites is 1. The molecule has 1 fully saturated rings. The molecule has 7 heteroatoms. The fourth-order valence-corrected chi connectivity index (χ4v) is 2.44. The lowest BCUT2D eigenvalue weighted by Crippen LogP contribution is -2.26. The summed E-state index contributed by atoms with van der Waals surface area (Å²) in [4.78, 5) is 13.0. The summed E-state index contributed by atoms with van der Waals surface area (Å²) in [6, 6.07) is 9.09. The van der Waals surface area contributed by atoms with Gasteiger partial charge in [-0.15, -0.1) is 0 Å². The summed E-state index contributed by atoms with van der Waals surface area (Å²) in [7, 11) is 0. The second-order valence-electron chi connectivity index (χ2n) is 5.01. The highest BCUT2D eigenvalue weighted by Crippen LogP contribution is 2.41. The van der Waals surface area contributed by atoms with Crippen molar-refractivity contribution in [3.63, 3.8) is 0 Å². The number of nitrogens with zero attached hydrogens (tertiary/aromatic N) is 2. The largest absolute Gasteiger partial charge is 0.467 e. The van der Waals surface area contributed by atoms with Crippen molar-refractivity contribution in [2.24, 2.45) is 5.84 Å². The van der Waals surface area contributed by atoms with Crippen LogP contribution in [0.3, 0.4) is 0 Å². The predicted molar refractivity (Wildman–Crippen MR) is 78.8 cm³/mol. The van der Waals surface area contributed by atoms with Crippen molar-refractivity contribution in [1.82, 2.24) is 0 Å². The van der Waals surface area contributed by atoms with Crippen LogP contribution in [0.2, 0.25) is 0 Å². The van der Waals surface area contributed by atoms with Crippen LogP contribution in [0.5, 0.6) is 0 Å². The Hall–Kier alpha value is -2.54. The minimum atomic E-state index is -0.401. The number of nitrogens with one attached hydrogen (secondary N) is 1. The van der Waals surface area contributed by atoms with Gasteiger partial charge in [0.1, 0.15) is 17.1 Å². The molecule has 0 bridgehead atoms. The third-order valence-electron chi connectivity index (χ3n) is 3.56. The van der Waals surface area contributed by atoms with Crippen LogP contribution < -0.4 is 16.2 Å². The highest BCUT2D eigenvalue weighted by atomic mass is 16.6. The number of anilines is 2. The summed E-state index contributed by atoms with van der Waals surface area (Å²) >= 11 is 0. The number of hydrogen-bond donors (Lipinski definition) is 2. The van der Waals surface area contributed by atoms with E-state index in [9.17, 15) is 10.1 Å². The SMILES string of the molecule is NNc1cccc(N(Cc2ccco2)C2CC2)c1[N+](=O)[O-]. The molecule has 3 rings (SSSR count). The lowest BCUT2D eigenvalue weighted by atomic mass is 10.2. The lowest BCUT2D eigenvalue weighted by Gasteiger charge is -2.24. The average Bonchev–Trinajstić information content (AvgIpc) is 3.20. The number of nitrogen functional groups attached to an aromatic ring is 1.